The maximum atomic E-state index is 12.3. The fraction of sp³-hybridized carbons (Fsp3) is 0.286. The summed E-state index contributed by atoms with van der Waals surface area (Å²) in [5, 5.41) is 11.7. The minimum Gasteiger partial charge on any atom is -0.396 e. The topological polar surface area (TPSA) is 70.1 Å². The normalized spacial score (nSPS) is 12.1. The van der Waals surface area contributed by atoms with Gasteiger partial charge in [0.2, 0.25) is 0 Å². The molecule has 1 aromatic heterocycles. The minimum atomic E-state index is -0.220. The third-order valence-corrected chi connectivity index (χ3v) is 3.26. The van der Waals surface area contributed by atoms with E-state index in [-0.39, 0.29) is 18.6 Å². The Morgan fingerprint density at radius 1 is 1.45 bits per heavy atom. The number of hydrogen-bond acceptors (Lipinski definition) is 3. The zero-order valence-electron chi connectivity index (χ0n) is 11.2. The van der Waals surface area contributed by atoms with Gasteiger partial charge in [-0.3, -0.25) is 9.36 Å². The Labute approximate surface area is 122 Å². The molecular formula is C14H17N3O2S. The zero-order chi connectivity index (χ0) is 14.5. The van der Waals surface area contributed by atoms with Crippen molar-refractivity contribution in [1.29, 1.82) is 0 Å². The molecule has 1 atom stereocenters. The second-order valence-electron chi connectivity index (χ2n) is 4.54. The van der Waals surface area contributed by atoms with Crippen molar-refractivity contribution >= 4 is 18.1 Å². The first-order valence-electron chi connectivity index (χ1n) is 6.41. The van der Waals surface area contributed by atoms with Gasteiger partial charge in [-0.25, -0.2) is 0 Å². The van der Waals surface area contributed by atoms with Crippen LogP contribution in [0.5, 0.6) is 0 Å². The number of imidazole rings is 1. The summed E-state index contributed by atoms with van der Waals surface area (Å²) in [6, 6.07) is 9.36. The van der Waals surface area contributed by atoms with Crippen molar-refractivity contribution in [3.05, 3.63) is 47.0 Å². The van der Waals surface area contributed by atoms with Crippen LogP contribution in [0.1, 0.15) is 23.8 Å². The molecule has 0 aliphatic heterocycles. The Bertz CT molecular complexity index is 633. The summed E-state index contributed by atoms with van der Waals surface area (Å²) in [6.07, 6.45) is 2.11. The first-order chi connectivity index (χ1) is 9.63. The summed E-state index contributed by atoms with van der Waals surface area (Å²) in [5.41, 5.74) is 1.28. The van der Waals surface area contributed by atoms with E-state index in [1.165, 1.54) is 0 Å². The Morgan fingerprint density at radius 2 is 2.15 bits per heavy atom. The second-order valence-corrected chi connectivity index (χ2v) is 4.92. The van der Waals surface area contributed by atoms with Gasteiger partial charge in [0.05, 0.1) is 0 Å². The second kappa shape index (κ2) is 6.49. The first-order valence-corrected chi connectivity index (χ1v) is 6.82. The van der Waals surface area contributed by atoms with Gasteiger partial charge >= 0.3 is 0 Å². The quantitative estimate of drug-likeness (QED) is 0.738. The number of rotatable bonds is 5. The minimum absolute atomic E-state index is 0.0412. The molecule has 0 aliphatic carbocycles. The fourth-order valence-electron chi connectivity index (χ4n) is 1.93. The molecule has 1 heterocycles. The summed E-state index contributed by atoms with van der Waals surface area (Å²) in [5.74, 6) is -0.220. The molecule has 0 aliphatic rings. The van der Waals surface area contributed by atoms with E-state index >= 15 is 0 Å². The van der Waals surface area contributed by atoms with Gasteiger partial charge < -0.3 is 15.4 Å². The highest BCUT2D eigenvalue weighted by molar-refractivity contribution is 7.71. The highest BCUT2D eigenvalue weighted by atomic mass is 32.1. The van der Waals surface area contributed by atoms with E-state index in [0.717, 1.165) is 5.69 Å². The Hall–Kier alpha value is -1.92. The number of amides is 1. The first kappa shape index (κ1) is 14.5. The lowest BCUT2D eigenvalue weighted by Gasteiger charge is -2.13. The van der Waals surface area contributed by atoms with E-state index in [1.54, 1.807) is 10.8 Å². The van der Waals surface area contributed by atoms with Crippen LogP contribution in [0, 0.1) is 4.77 Å². The molecular weight excluding hydrogens is 274 g/mol. The van der Waals surface area contributed by atoms with Crippen LogP contribution in [0.3, 0.4) is 0 Å². The Balaban J connectivity index is 2.30. The van der Waals surface area contributed by atoms with Crippen LogP contribution in [-0.4, -0.2) is 33.2 Å². The molecule has 5 nitrogen and oxygen atoms in total. The van der Waals surface area contributed by atoms with Gasteiger partial charge in [0, 0.05) is 24.5 Å². The maximum Gasteiger partial charge on any atom is 0.270 e. The van der Waals surface area contributed by atoms with Crippen molar-refractivity contribution in [3.8, 4) is 5.69 Å². The van der Waals surface area contributed by atoms with E-state index in [2.05, 4.69) is 10.3 Å². The molecule has 1 aromatic carbocycles. The van der Waals surface area contributed by atoms with Crippen LogP contribution in [0.2, 0.25) is 0 Å². The van der Waals surface area contributed by atoms with Gasteiger partial charge in [-0.05, 0) is 37.7 Å². The number of para-hydroxylation sites is 1. The molecule has 2 aromatic rings. The molecule has 0 bridgehead atoms. The molecule has 1 amide bonds. The van der Waals surface area contributed by atoms with Crippen molar-refractivity contribution in [3.63, 3.8) is 0 Å². The number of aromatic amines is 1. The number of aliphatic hydroxyl groups is 1. The van der Waals surface area contributed by atoms with Crippen LogP contribution in [0.15, 0.2) is 36.5 Å². The predicted octanol–water partition coefficient (Wildman–Crippen LogP) is 2.04. The highest BCUT2D eigenvalue weighted by Gasteiger charge is 2.15. The number of carbonyl (C=O) groups is 1. The Morgan fingerprint density at radius 3 is 2.80 bits per heavy atom. The average molecular weight is 291 g/mol. The SMILES string of the molecule is CC(CCO)NC(=O)c1c[nH]c(=S)n1-c1ccccc1. The number of H-pyrrole nitrogens is 1. The van der Waals surface area contributed by atoms with Crippen molar-refractivity contribution in [2.75, 3.05) is 6.61 Å². The summed E-state index contributed by atoms with van der Waals surface area (Å²) in [6.45, 7) is 1.89. The van der Waals surface area contributed by atoms with Gasteiger partial charge in [-0.2, -0.15) is 0 Å². The van der Waals surface area contributed by atoms with E-state index < -0.39 is 0 Å². The van der Waals surface area contributed by atoms with Crippen LogP contribution in [0.4, 0.5) is 0 Å². The van der Waals surface area contributed by atoms with Gasteiger partial charge in [-0.1, -0.05) is 18.2 Å². The van der Waals surface area contributed by atoms with E-state index in [0.29, 0.717) is 16.9 Å². The molecule has 6 heteroatoms. The number of nitrogens with one attached hydrogen (secondary N) is 2. The lowest BCUT2D eigenvalue weighted by molar-refractivity contribution is 0.0927. The largest absolute Gasteiger partial charge is 0.396 e. The van der Waals surface area contributed by atoms with E-state index in [1.807, 2.05) is 37.3 Å². The van der Waals surface area contributed by atoms with Gasteiger partial charge in [0.15, 0.2) is 4.77 Å². The van der Waals surface area contributed by atoms with Crippen molar-refractivity contribution in [2.24, 2.45) is 0 Å². The summed E-state index contributed by atoms with van der Waals surface area (Å²) in [4.78, 5) is 15.1. The van der Waals surface area contributed by atoms with Crippen LogP contribution in [-0.2, 0) is 0 Å². The van der Waals surface area contributed by atoms with Crippen molar-refractivity contribution in [2.45, 2.75) is 19.4 Å². The maximum absolute atomic E-state index is 12.3. The molecule has 3 N–H and O–H groups in total. The molecule has 106 valence electrons. The predicted molar refractivity (Wildman–Crippen MR) is 79.6 cm³/mol. The number of aromatic nitrogens is 2. The third-order valence-electron chi connectivity index (χ3n) is 2.96. The van der Waals surface area contributed by atoms with Crippen molar-refractivity contribution < 1.29 is 9.90 Å². The lowest BCUT2D eigenvalue weighted by atomic mass is 10.2. The van der Waals surface area contributed by atoms with Gasteiger partial charge in [0.25, 0.3) is 5.91 Å². The monoisotopic (exact) mass is 291 g/mol. The zero-order valence-corrected chi connectivity index (χ0v) is 12.0. The molecule has 20 heavy (non-hydrogen) atoms. The van der Waals surface area contributed by atoms with Crippen LogP contribution in [0.25, 0.3) is 5.69 Å². The molecule has 0 radical (unpaired) electrons. The number of hydrogen-bond donors (Lipinski definition) is 3. The molecule has 0 spiro atoms. The molecule has 0 saturated carbocycles. The summed E-state index contributed by atoms with van der Waals surface area (Å²) < 4.78 is 2.16. The third kappa shape index (κ3) is 3.15. The molecule has 2 rings (SSSR count). The van der Waals surface area contributed by atoms with Crippen LogP contribution >= 0.6 is 12.2 Å². The molecule has 0 saturated heterocycles. The number of benzene rings is 1. The number of aliphatic hydroxyl groups excluding tert-OH is 1. The summed E-state index contributed by atoms with van der Waals surface area (Å²) >= 11 is 5.23. The molecule has 1 unspecified atom stereocenters. The van der Waals surface area contributed by atoms with Crippen LogP contribution < -0.4 is 5.32 Å². The van der Waals surface area contributed by atoms with Crippen molar-refractivity contribution in [1.82, 2.24) is 14.9 Å². The van der Waals surface area contributed by atoms with E-state index in [4.69, 9.17) is 17.3 Å². The highest BCUT2D eigenvalue weighted by Crippen LogP contribution is 2.12. The average Bonchev–Trinajstić information content (AvgIpc) is 2.82. The molecule has 0 fully saturated rings. The van der Waals surface area contributed by atoms with Gasteiger partial charge in [-0.15, -0.1) is 0 Å². The number of nitrogens with zero attached hydrogens (tertiary/aromatic N) is 1. The van der Waals surface area contributed by atoms with Gasteiger partial charge in [0.1, 0.15) is 5.69 Å². The Kier molecular flexibility index (Phi) is 4.70. The summed E-state index contributed by atoms with van der Waals surface area (Å²) in [7, 11) is 0. The van der Waals surface area contributed by atoms with E-state index in [9.17, 15) is 4.79 Å². The standard InChI is InChI=1S/C14H17N3O2S/c1-10(7-8-18)16-13(19)12-9-15-14(20)17(12)11-5-3-2-4-6-11/h2-6,9-10,18H,7-8H2,1H3,(H,15,20)(H,16,19). The lowest BCUT2D eigenvalue weighted by Crippen LogP contribution is -2.34. The smallest absolute Gasteiger partial charge is 0.270 e. The fourth-order valence-corrected chi connectivity index (χ4v) is 2.20. The number of carbonyl (C=O) groups excluding carboxylic acids is 1.